The molecule has 0 amide bonds. The minimum atomic E-state index is -0.940. The summed E-state index contributed by atoms with van der Waals surface area (Å²) in [6, 6.07) is 16.7. The van der Waals surface area contributed by atoms with Crippen molar-refractivity contribution in [1.82, 2.24) is 0 Å². The van der Waals surface area contributed by atoms with Crippen LogP contribution in [0.25, 0.3) is 0 Å². The number of carbonyl (C=O) groups is 1. The topological polar surface area (TPSA) is 55.8 Å². The Hall–Kier alpha value is -2.75. The number of carboxylic acids is 1. The van der Waals surface area contributed by atoms with Crippen LogP contribution in [-0.4, -0.2) is 17.7 Å². The molecule has 2 aromatic carbocycles. The first-order chi connectivity index (χ1) is 10.1. The Kier molecular flexibility index (Phi) is 4.99. The van der Waals surface area contributed by atoms with Crippen molar-refractivity contribution in [3.63, 3.8) is 0 Å². The maximum Gasteiger partial charge on any atom is 0.331 e. The predicted molar refractivity (Wildman–Crippen MR) is 79.8 cm³/mol. The predicted octanol–water partition coefficient (Wildman–Crippen LogP) is 3.89. The highest BCUT2D eigenvalue weighted by molar-refractivity contribution is 5.85. The molecule has 0 radical (unpaired) electrons. The number of hydrogen-bond acceptors (Lipinski definition) is 3. The first-order valence-corrected chi connectivity index (χ1v) is 6.51. The second kappa shape index (κ2) is 7.14. The molecule has 0 heterocycles. The molecule has 21 heavy (non-hydrogen) atoms. The van der Waals surface area contributed by atoms with Gasteiger partial charge in [-0.15, -0.1) is 0 Å². The number of benzene rings is 2. The second-order valence-electron chi connectivity index (χ2n) is 4.39. The highest BCUT2D eigenvalue weighted by Crippen LogP contribution is 2.23. The summed E-state index contributed by atoms with van der Waals surface area (Å²) in [4.78, 5) is 10.6. The second-order valence-corrected chi connectivity index (χ2v) is 4.39. The zero-order valence-corrected chi connectivity index (χ0v) is 11.7. The molecule has 0 bridgehead atoms. The van der Waals surface area contributed by atoms with Crippen LogP contribution in [0.4, 0.5) is 0 Å². The normalized spacial score (nSPS) is 11.0. The number of para-hydroxylation sites is 1. The number of aliphatic carboxylic acids is 1. The average molecular weight is 284 g/mol. The number of hydrogen-bond donors (Lipinski definition) is 1. The lowest BCUT2D eigenvalue weighted by molar-refractivity contribution is -0.132. The summed E-state index contributed by atoms with van der Waals surface area (Å²) in [5.74, 6) is 1.20. The molecule has 0 spiro atoms. The van der Waals surface area contributed by atoms with Crippen molar-refractivity contribution >= 4 is 5.97 Å². The van der Waals surface area contributed by atoms with E-state index in [-0.39, 0.29) is 12.2 Å². The van der Waals surface area contributed by atoms with Crippen LogP contribution in [0.1, 0.15) is 6.92 Å². The van der Waals surface area contributed by atoms with Gasteiger partial charge in [0.25, 0.3) is 0 Å². The molecule has 0 aliphatic rings. The van der Waals surface area contributed by atoms with Crippen molar-refractivity contribution in [1.29, 1.82) is 0 Å². The van der Waals surface area contributed by atoms with E-state index in [0.717, 1.165) is 5.75 Å². The molecule has 0 saturated carbocycles. The zero-order valence-electron chi connectivity index (χ0n) is 11.7. The third-order valence-corrected chi connectivity index (χ3v) is 2.78. The minimum absolute atomic E-state index is 0.219. The van der Waals surface area contributed by atoms with E-state index >= 15 is 0 Å². The fraction of sp³-hybridized carbons (Fsp3) is 0.118. The lowest BCUT2D eigenvalue weighted by Gasteiger charge is -2.07. The smallest absolute Gasteiger partial charge is 0.331 e. The largest absolute Gasteiger partial charge is 0.490 e. The van der Waals surface area contributed by atoms with Crippen LogP contribution in [-0.2, 0) is 4.79 Å². The Labute approximate surface area is 123 Å². The Bertz CT molecular complexity index is 615. The molecule has 0 aliphatic heterocycles. The Morgan fingerprint density at radius 1 is 1.00 bits per heavy atom. The van der Waals surface area contributed by atoms with Crippen molar-refractivity contribution in [2.45, 2.75) is 6.92 Å². The van der Waals surface area contributed by atoms with Gasteiger partial charge in [-0.25, -0.2) is 4.79 Å². The fourth-order valence-electron chi connectivity index (χ4n) is 1.58. The summed E-state index contributed by atoms with van der Waals surface area (Å²) in [6.45, 7) is 1.75. The van der Waals surface area contributed by atoms with Gasteiger partial charge in [0.05, 0.1) is 0 Å². The zero-order chi connectivity index (χ0) is 15.1. The highest BCUT2D eigenvalue weighted by Gasteiger charge is 2.00. The van der Waals surface area contributed by atoms with Crippen LogP contribution in [0.15, 0.2) is 66.2 Å². The maximum absolute atomic E-state index is 10.6. The molecule has 2 rings (SSSR count). The monoisotopic (exact) mass is 284 g/mol. The lowest BCUT2D eigenvalue weighted by Crippen LogP contribution is -2.00. The van der Waals surface area contributed by atoms with Gasteiger partial charge in [0, 0.05) is 5.57 Å². The van der Waals surface area contributed by atoms with E-state index in [4.69, 9.17) is 14.6 Å². The van der Waals surface area contributed by atoms with Gasteiger partial charge in [-0.3, -0.25) is 0 Å². The summed E-state index contributed by atoms with van der Waals surface area (Å²) in [7, 11) is 0. The summed E-state index contributed by atoms with van der Waals surface area (Å²) >= 11 is 0. The number of rotatable bonds is 6. The van der Waals surface area contributed by atoms with E-state index in [1.165, 1.54) is 13.0 Å². The van der Waals surface area contributed by atoms with Crippen LogP contribution in [0, 0.1) is 0 Å². The van der Waals surface area contributed by atoms with Crippen LogP contribution in [0.2, 0.25) is 0 Å². The molecule has 4 nitrogen and oxygen atoms in total. The van der Waals surface area contributed by atoms with Gasteiger partial charge in [0.15, 0.2) is 0 Å². The summed E-state index contributed by atoms with van der Waals surface area (Å²) in [5, 5.41) is 8.72. The van der Waals surface area contributed by atoms with Gasteiger partial charge in [-0.2, -0.15) is 0 Å². The van der Waals surface area contributed by atoms with E-state index in [2.05, 4.69) is 0 Å². The van der Waals surface area contributed by atoms with Gasteiger partial charge in [0.1, 0.15) is 23.9 Å². The molecule has 0 fully saturated rings. The molecule has 0 atom stereocenters. The standard InChI is InChI=1S/C17H16O4/c1-13(17(18)19)11-12-20-14-7-9-16(10-8-14)21-15-5-3-2-4-6-15/h2-11H,12H2,1H3,(H,18,19). The minimum Gasteiger partial charge on any atom is -0.490 e. The maximum atomic E-state index is 10.6. The van der Waals surface area contributed by atoms with Gasteiger partial charge in [0.2, 0.25) is 0 Å². The molecule has 0 aliphatic carbocycles. The first-order valence-electron chi connectivity index (χ1n) is 6.51. The summed E-state index contributed by atoms with van der Waals surface area (Å²) < 4.78 is 11.1. The molecule has 108 valence electrons. The van der Waals surface area contributed by atoms with Crippen LogP contribution in [0.3, 0.4) is 0 Å². The summed E-state index contributed by atoms with van der Waals surface area (Å²) in [5.41, 5.74) is 0.263. The quantitative estimate of drug-likeness (QED) is 0.818. The highest BCUT2D eigenvalue weighted by atomic mass is 16.5. The molecule has 0 saturated heterocycles. The van der Waals surface area contributed by atoms with Crippen LogP contribution in [0.5, 0.6) is 17.2 Å². The third-order valence-electron chi connectivity index (χ3n) is 2.78. The lowest BCUT2D eigenvalue weighted by atomic mass is 10.3. The van der Waals surface area contributed by atoms with Crippen molar-refractivity contribution in [3.8, 4) is 17.2 Å². The number of ether oxygens (including phenoxy) is 2. The van der Waals surface area contributed by atoms with Gasteiger partial charge in [-0.1, -0.05) is 18.2 Å². The first kappa shape index (κ1) is 14.7. The van der Waals surface area contributed by atoms with Gasteiger partial charge < -0.3 is 14.6 Å². The molecule has 0 unspecified atom stereocenters. The van der Waals surface area contributed by atoms with Crippen molar-refractivity contribution in [2.24, 2.45) is 0 Å². The Morgan fingerprint density at radius 2 is 1.57 bits per heavy atom. The Balaban J connectivity index is 1.90. The molecule has 2 aromatic rings. The molecule has 4 heteroatoms. The molecule has 0 aromatic heterocycles. The van der Waals surface area contributed by atoms with Crippen molar-refractivity contribution in [3.05, 3.63) is 66.2 Å². The van der Waals surface area contributed by atoms with E-state index in [0.29, 0.717) is 11.5 Å². The van der Waals surface area contributed by atoms with E-state index in [1.807, 2.05) is 30.3 Å². The van der Waals surface area contributed by atoms with Crippen molar-refractivity contribution < 1.29 is 19.4 Å². The third kappa shape index (κ3) is 4.69. The van der Waals surface area contributed by atoms with Gasteiger partial charge >= 0.3 is 5.97 Å². The number of carboxylic acid groups (broad SMARTS) is 1. The Morgan fingerprint density at radius 3 is 2.19 bits per heavy atom. The summed E-state index contributed by atoms with van der Waals surface area (Å²) in [6.07, 6.45) is 1.52. The van der Waals surface area contributed by atoms with E-state index in [1.54, 1.807) is 24.3 Å². The van der Waals surface area contributed by atoms with E-state index < -0.39 is 5.97 Å². The molecular formula is C17H16O4. The van der Waals surface area contributed by atoms with Crippen molar-refractivity contribution in [2.75, 3.05) is 6.61 Å². The van der Waals surface area contributed by atoms with Gasteiger partial charge in [-0.05, 0) is 49.4 Å². The van der Waals surface area contributed by atoms with Crippen LogP contribution >= 0.6 is 0 Å². The van der Waals surface area contributed by atoms with E-state index in [9.17, 15) is 4.79 Å². The SMILES string of the molecule is CC(=CCOc1ccc(Oc2ccccc2)cc1)C(=O)O. The van der Waals surface area contributed by atoms with Crippen LogP contribution < -0.4 is 9.47 Å². The molecular weight excluding hydrogens is 268 g/mol. The molecule has 1 N–H and O–H groups in total. The average Bonchev–Trinajstić information content (AvgIpc) is 2.50. The fourth-order valence-corrected chi connectivity index (χ4v) is 1.58.